The maximum Gasteiger partial charge on any atom is 0.237 e. The SMILES string of the molecule is O=C1N[C@@H]2[C@H]3NC(=O)[C@@H]4Cc5cc6ccccc6n5-n5cc(c6ccccc65)C[C@@H]1N[C@H]2[C@@H]3N4. The van der Waals surface area contributed by atoms with E-state index in [1.165, 1.54) is 0 Å². The fourth-order valence-corrected chi connectivity index (χ4v) is 6.56. The van der Waals surface area contributed by atoms with Gasteiger partial charge in [0.1, 0.15) is 0 Å². The van der Waals surface area contributed by atoms with Gasteiger partial charge in [0.2, 0.25) is 11.8 Å². The lowest BCUT2D eigenvalue weighted by Gasteiger charge is -2.59. The molecule has 5 heterocycles. The zero-order valence-corrected chi connectivity index (χ0v) is 18.4. The van der Waals surface area contributed by atoms with Crippen LogP contribution in [0, 0.1) is 0 Å². The number of benzene rings is 2. The second-order valence-corrected chi connectivity index (χ2v) is 9.99. The molecule has 0 unspecified atom stereocenters. The Morgan fingerprint density at radius 2 is 1.38 bits per heavy atom. The molecule has 8 rings (SSSR count). The fourth-order valence-electron chi connectivity index (χ4n) is 6.56. The number of nitrogens with one attached hydrogen (secondary N) is 4. The van der Waals surface area contributed by atoms with Gasteiger partial charge in [0.15, 0.2) is 0 Å². The Morgan fingerprint density at radius 3 is 2.15 bits per heavy atom. The Morgan fingerprint density at radius 1 is 0.735 bits per heavy atom. The smallest absolute Gasteiger partial charge is 0.237 e. The van der Waals surface area contributed by atoms with E-state index in [4.69, 9.17) is 0 Å². The maximum atomic E-state index is 13.1. The molecule has 1 aliphatic carbocycles. The van der Waals surface area contributed by atoms with E-state index < -0.39 is 0 Å². The van der Waals surface area contributed by atoms with Crippen molar-refractivity contribution in [3.8, 4) is 0 Å². The van der Waals surface area contributed by atoms with E-state index in [2.05, 4.69) is 67.1 Å². The minimum Gasteiger partial charge on any atom is -0.348 e. The average molecular weight is 453 g/mol. The maximum absolute atomic E-state index is 13.1. The van der Waals surface area contributed by atoms with Crippen molar-refractivity contribution < 1.29 is 9.59 Å². The minimum absolute atomic E-state index is 0.00474. The molecule has 6 atom stereocenters. The summed E-state index contributed by atoms with van der Waals surface area (Å²) in [5.74, 6) is -0.0179. The van der Waals surface area contributed by atoms with Crippen LogP contribution in [0.2, 0.25) is 0 Å². The van der Waals surface area contributed by atoms with E-state index in [1.54, 1.807) is 0 Å². The average Bonchev–Trinajstić information content (AvgIpc) is 3.38. The quantitative estimate of drug-likeness (QED) is 0.316. The first kappa shape index (κ1) is 18.8. The number of amides is 2. The van der Waals surface area contributed by atoms with Crippen LogP contribution < -0.4 is 21.3 Å². The van der Waals surface area contributed by atoms with Gasteiger partial charge in [0.25, 0.3) is 0 Å². The monoisotopic (exact) mass is 452 g/mol. The molecule has 8 nitrogen and oxygen atoms in total. The number of para-hydroxylation sites is 2. The molecule has 4 N–H and O–H groups in total. The number of fused-ring (bicyclic) bond motifs is 12. The van der Waals surface area contributed by atoms with E-state index >= 15 is 0 Å². The Labute approximate surface area is 195 Å². The first-order valence-corrected chi connectivity index (χ1v) is 12.0. The predicted molar refractivity (Wildman–Crippen MR) is 127 cm³/mol. The second kappa shape index (κ2) is 6.49. The summed E-state index contributed by atoms with van der Waals surface area (Å²) < 4.78 is 4.41. The van der Waals surface area contributed by atoms with Crippen LogP contribution in [0.15, 0.2) is 60.8 Å². The molecule has 3 fully saturated rings. The lowest BCUT2D eigenvalue weighted by atomic mass is 9.71. The summed E-state index contributed by atoms with van der Waals surface area (Å²) in [4.78, 5) is 26.2. The van der Waals surface area contributed by atoms with Gasteiger partial charge in [-0.25, -0.2) is 0 Å². The van der Waals surface area contributed by atoms with Gasteiger partial charge in [0, 0.05) is 41.2 Å². The lowest BCUT2D eigenvalue weighted by molar-refractivity contribution is -0.137. The number of hydrogen-bond donors (Lipinski definition) is 4. The summed E-state index contributed by atoms with van der Waals surface area (Å²) in [6.45, 7) is 0. The molecule has 170 valence electrons. The van der Waals surface area contributed by atoms with Crippen molar-refractivity contribution in [2.24, 2.45) is 0 Å². The van der Waals surface area contributed by atoms with Crippen LogP contribution in [0.25, 0.3) is 21.8 Å². The summed E-state index contributed by atoms with van der Waals surface area (Å²) in [5, 5.41) is 15.9. The third kappa shape index (κ3) is 2.39. The highest BCUT2D eigenvalue weighted by Gasteiger charge is 2.58. The normalized spacial score (nSPS) is 31.6. The first-order chi connectivity index (χ1) is 16.7. The van der Waals surface area contributed by atoms with Crippen LogP contribution in [0.3, 0.4) is 0 Å². The molecular weight excluding hydrogens is 428 g/mol. The summed E-state index contributed by atoms with van der Waals surface area (Å²) in [5.41, 5.74) is 4.37. The number of carbonyl (C=O) groups excluding carboxylic acids is 2. The van der Waals surface area contributed by atoms with Crippen LogP contribution in [-0.2, 0) is 22.4 Å². The summed E-state index contributed by atoms with van der Waals surface area (Å²) in [6.07, 6.45) is 3.33. The number of piperazine rings is 2. The standard InChI is InChI=1S/C26H24N6O2/c33-25-17-10-14-12-31(20-8-4-2-6-16(14)20)32-15(9-13-5-1-3-7-19(13)32)11-18-26(34)30-24-22(28-18)21(27-17)23(24)29-25/h1-9,12,17-18,21-24,27-28H,10-11H2,(H,29,33)(H,30,34)/t17-,18-,21-,22-,23-,24-/m0/s1. The molecule has 4 aliphatic rings. The fraction of sp³-hybridized carbons (Fsp3) is 0.308. The molecule has 0 radical (unpaired) electrons. The number of aromatic nitrogens is 2. The number of nitrogens with zero attached hydrogens (tertiary/aromatic N) is 2. The van der Waals surface area contributed by atoms with Gasteiger partial charge in [0.05, 0.1) is 35.2 Å². The summed E-state index contributed by atoms with van der Waals surface area (Å²) in [7, 11) is 0. The third-order valence-corrected chi connectivity index (χ3v) is 8.17. The molecular formula is C26H24N6O2. The van der Waals surface area contributed by atoms with E-state index in [-0.39, 0.29) is 48.1 Å². The molecule has 2 saturated heterocycles. The molecule has 0 spiro atoms. The minimum atomic E-state index is -0.342. The Hall–Kier alpha value is -3.62. The van der Waals surface area contributed by atoms with Crippen LogP contribution in [0.1, 0.15) is 11.3 Å². The van der Waals surface area contributed by atoms with Gasteiger partial charge in [-0.05, 0) is 30.2 Å². The highest BCUT2D eigenvalue weighted by atomic mass is 16.2. The second-order valence-electron chi connectivity index (χ2n) is 9.99. The van der Waals surface area contributed by atoms with Gasteiger partial charge >= 0.3 is 0 Å². The number of carbonyl (C=O) groups is 2. The highest BCUT2D eigenvalue weighted by Crippen LogP contribution is 2.33. The predicted octanol–water partition coefficient (Wildman–Crippen LogP) is 0.670. The zero-order valence-electron chi connectivity index (χ0n) is 18.4. The van der Waals surface area contributed by atoms with Crippen LogP contribution in [0.5, 0.6) is 0 Å². The van der Waals surface area contributed by atoms with Gasteiger partial charge in [-0.2, -0.15) is 0 Å². The number of rotatable bonds is 0. The molecule has 8 heteroatoms. The van der Waals surface area contributed by atoms with E-state index in [1.807, 2.05) is 24.3 Å². The van der Waals surface area contributed by atoms with Gasteiger partial charge in [-0.15, -0.1) is 0 Å². The van der Waals surface area contributed by atoms with Crippen molar-refractivity contribution in [2.75, 3.05) is 0 Å². The zero-order chi connectivity index (χ0) is 22.6. The first-order valence-electron chi connectivity index (χ1n) is 12.0. The van der Waals surface area contributed by atoms with Crippen LogP contribution >= 0.6 is 0 Å². The number of hydrogen-bond acceptors (Lipinski definition) is 4. The van der Waals surface area contributed by atoms with E-state index in [9.17, 15) is 9.59 Å². The topological polar surface area (TPSA) is 92.1 Å². The third-order valence-electron chi connectivity index (χ3n) is 8.17. The van der Waals surface area contributed by atoms with Crippen molar-refractivity contribution >= 4 is 33.6 Å². The Bertz CT molecular complexity index is 1520. The molecule has 34 heavy (non-hydrogen) atoms. The van der Waals surface area contributed by atoms with Gasteiger partial charge < -0.3 is 10.6 Å². The molecule has 2 amide bonds. The van der Waals surface area contributed by atoms with Crippen molar-refractivity contribution in [3.63, 3.8) is 0 Å². The van der Waals surface area contributed by atoms with E-state index in [0.29, 0.717) is 12.8 Å². The van der Waals surface area contributed by atoms with Gasteiger partial charge in [-0.1, -0.05) is 36.4 Å². The molecule has 4 aromatic rings. The Balaban J connectivity index is 1.39. The summed E-state index contributed by atoms with van der Waals surface area (Å²) >= 11 is 0. The highest BCUT2D eigenvalue weighted by molar-refractivity contribution is 5.90. The molecule has 1 saturated carbocycles. The van der Waals surface area contributed by atoms with Crippen LogP contribution in [-0.4, -0.2) is 57.4 Å². The Kier molecular flexibility index (Phi) is 3.58. The largest absolute Gasteiger partial charge is 0.348 e. The summed E-state index contributed by atoms with van der Waals surface area (Å²) in [6, 6.07) is 18.2. The molecule has 2 aromatic heterocycles. The van der Waals surface area contributed by atoms with E-state index in [0.717, 1.165) is 33.1 Å². The molecule has 6 bridgehead atoms. The lowest BCUT2D eigenvalue weighted by Crippen LogP contribution is -2.89. The molecule has 2 aromatic carbocycles. The molecule has 3 aliphatic heterocycles. The van der Waals surface area contributed by atoms with Crippen molar-refractivity contribution in [1.29, 1.82) is 0 Å². The van der Waals surface area contributed by atoms with Gasteiger partial charge in [-0.3, -0.25) is 29.6 Å². The van der Waals surface area contributed by atoms with Crippen molar-refractivity contribution in [3.05, 3.63) is 72.1 Å². The van der Waals surface area contributed by atoms with Crippen molar-refractivity contribution in [1.82, 2.24) is 30.6 Å². The van der Waals surface area contributed by atoms with Crippen LogP contribution in [0.4, 0.5) is 0 Å². The van der Waals surface area contributed by atoms with Crippen molar-refractivity contribution in [2.45, 2.75) is 49.1 Å².